The van der Waals surface area contributed by atoms with Gasteiger partial charge in [0.15, 0.2) is 0 Å². The van der Waals surface area contributed by atoms with Gasteiger partial charge >= 0.3 is 0 Å². The van der Waals surface area contributed by atoms with E-state index in [0.717, 1.165) is 31.6 Å². The summed E-state index contributed by atoms with van der Waals surface area (Å²) in [6.45, 7) is 2.08. The van der Waals surface area contributed by atoms with Crippen molar-refractivity contribution in [2.45, 2.75) is 18.9 Å². The number of halogens is 1. The van der Waals surface area contributed by atoms with Crippen LogP contribution in [0.25, 0.3) is 0 Å². The van der Waals surface area contributed by atoms with Crippen molar-refractivity contribution in [3.05, 3.63) is 33.3 Å². The van der Waals surface area contributed by atoms with Gasteiger partial charge in [-0.05, 0) is 32.5 Å². The van der Waals surface area contributed by atoms with Crippen LogP contribution < -0.4 is 5.32 Å². The average Bonchev–Trinajstić information content (AvgIpc) is 2.31. The Hall–Kier alpha value is -1.33. The molecule has 1 saturated heterocycles. The molecule has 1 unspecified atom stereocenters. The van der Waals surface area contributed by atoms with Gasteiger partial charge in [-0.15, -0.1) is 0 Å². The Labute approximate surface area is 111 Å². The van der Waals surface area contributed by atoms with E-state index in [1.807, 2.05) is 0 Å². The predicted molar refractivity (Wildman–Crippen MR) is 72.2 cm³/mol. The third-order valence-electron chi connectivity index (χ3n) is 3.15. The van der Waals surface area contributed by atoms with Gasteiger partial charge in [-0.1, -0.05) is 11.6 Å². The summed E-state index contributed by atoms with van der Waals surface area (Å²) in [6, 6.07) is 4.88. The van der Waals surface area contributed by atoms with Crippen LogP contribution in [0, 0.1) is 10.1 Å². The van der Waals surface area contributed by atoms with E-state index >= 15 is 0 Å². The molecule has 1 heterocycles. The van der Waals surface area contributed by atoms with E-state index in [2.05, 4.69) is 17.3 Å². The molecule has 1 fully saturated rings. The zero-order valence-corrected chi connectivity index (χ0v) is 11.0. The molecule has 1 atom stereocenters. The maximum atomic E-state index is 10.6. The van der Waals surface area contributed by atoms with Crippen molar-refractivity contribution in [1.29, 1.82) is 0 Å². The largest absolute Gasteiger partial charge is 0.380 e. The van der Waals surface area contributed by atoms with Crippen LogP contribution in [-0.4, -0.2) is 36.0 Å². The van der Waals surface area contributed by atoms with E-state index in [1.54, 1.807) is 6.07 Å². The fraction of sp³-hybridized carbons (Fsp3) is 0.500. The van der Waals surface area contributed by atoms with E-state index < -0.39 is 4.92 Å². The number of nitrogens with one attached hydrogen (secondary N) is 1. The summed E-state index contributed by atoms with van der Waals surface area (Å²) in [6.07, 6.45) is 2.25. The molecule has 2 rings (SSSR count). The molecule has 1 N–H and O–H groups in total. The van der Waals surface area contributed by atoms with E-state index in [-0.39, 0.29) is 5.69 Å². The number of rotatable bonds is 3. The van der Waals surface area contributed by atoms with Crippen molar-refractivity contribution in [3.8, 4) is 0 Å². The lowest BCUT2D eigenvalue weighted by molar-refractivity contribution is -0.384. The van der Waals surface area contributed by atoms with Crippen LogP contribution in [0.3, 0.4) is 0 Å². The van der Waals surface area contributed by atoms with Crippen LogP contribution in [0.2, 0.25) is 5.02 Å². The highest BCUT2D eigenvalue weighted by Crippen LogP contribution is 2.28. The van der Waals surface area contributed by atoms with Crippen LogP contribution in [0.5, 0.6) is 0 Å². The highest BCUT2D eigenvalue weighted by molar-refractivity contribution is 6.33. The summed E-state index contributed by atoms with van der Waals surface area (Å²) in [5.74, 6) is 0. The van der Waals surface area contributed by atoms with Gasteiger partial charge in [0.1, 0.15) is 0 Å². The monoisotopic (exact) mass is 269 g/mol. The van der Waals surface area contributed by atoms with Crippen molar-refractivity contribution in [1.82, 2.24) is 4.90 Å². The Kier molecular flexibility index (Phi) is 4.04. The predicted octanol–water partition coefficient (Wildman–Crippen LogP) is 2.75. The number of benzene rings is 1. The molecular weight excluding hydrogens is 254 g/mol. The number of piperidine rings is 1. The standard InChI is InChI=1S/C12H16ClN3O2/c1-15-6-2-3-9(8-15)14-12-5-4-10(16(17)18)7-11(12)13/h4-5,7,9,14H,2-3,6,8H2,1H3. The summed E-state index contributed by atoms with van der Waals surface area (Å²) in [4.78, 5) is 12.4. The Balaban J connectivity index is 2.07. The highest BCUT2D eigenvalue weighted by atomic mass is 35.5. The van der Waals surface area contributed by atoms with Gasteiger partial charge in [0.2, 0.25) is 0 Å². The first-order valence-corrected chi connectivity index (χ1v) is 6.33. The van der Waals surface area contributed by atoms with Crippen molar-refractivity contribution >= 4 is 23.0 Å². The summed E-state index contributed by atoms with van der Waals surface area (Å²) in [7, 11) is 2.09. The number of hydrogen-bond acceptors (Lipinski definition) is 4. The Morgan fingerprint density at radius 3 is 2.94 bits per heavy atom. The molecule has 0 aliphatic carbocycles. The molecule has 5 nitrogen and oxygen atoms in total. The van der Waals surface area contributed by atoms with Crippen LogP contribution in [0.15, 0.2) is 18.2 Å². The topological polar surface area (TPSA) is 58.4 Å². The lowest BCUT2D eigenvalue weighted by Crippen LogP contribution is -2.39. The maximum Gasteiger partial charge on any atom is 0.271 e. The number of hydrogen-bond donors (Lipinski definition) is 1. The first-order valence-electron chi connectivity index (χ1n) is 5.95. The van der Waals surface area contributed by atoms with Crippen molar-refractivity contribution in [2.75, 3.05) is 25.5 Å². The molecule has 6 heteroatoms. The van der Waals surface area contributed by atoms with Crippen LogP contribution in [0.1, 0.15) is 12.8 Å². The third-order valence-corrected chi connectivity index (χ3v) is 3.46. The number of nitro groups is 1. The smallest absolute Gasteiger partial charge is 0.271 e. The van der Waals surface area contributed by atoms with Crippen LogP contribution in [0.4, 0.5) is 11.4 Å². The van der Waals surface area contributed by atoms with Gasteiger partial charge in [0.05, 0.1) is 15.6 Å². The molecular formula is C12H16ClN3O2. The lowest BCUT2D eigenvalue weighted by atomic mass is 10.1. The Morgan fingerprint density at radius 1 is 1.56 bits per heavy atom. The summed E-state index contributed by atoms with van der Waals surface area (Å²) in [5.41, 5.74) is 0.786. The van der Waals surface area contributed by atoms with E-state index in [0.29, 0.717) is 11.1 Å². The molecule has 18 heavy (non-hydrogen) atoms. The number of nitrogens with zero attached hydrogens (tertiary/aromatic N) is 2. The molecule has 1 aromatic carbocycles. The first kappa shape index (κ1) is 13.1. The molecule has 0 amide bonds. The molecule has 98 valence electrons. The van der Waals surface area contributed by atoms with Gasteiger partial charge in [-0.25, -0.2) is 0 Å². The van der Waals surface area contributed by atoms with Crippen LogP contribution >= 0.6 is 11.6 Å². The molecule has 1 aliphatic rings. The second-order valence-corrected chi connectivity index (χ2v) is 5.07. The normalized spacial score (nSPS) is 20.7. The minimum atomic E-state index is -0.440. The SMILES string of the molecule is CN1CCCC(Nc2ccc([N+](=O)[O-])cc2Cl)C1. The maximum absolute atomic E-state index is 10.6. The number of anilines is 1. The molecule has 0 spiro atoms. The molecule has 0 aromatic heterocycles. The average molecular weight is 270 g/mol. The minimum absolute atomic E-state index is 0.0197. The second-order valence-electron chi connectivity index (χ2n) is 4.67. The summed E-state index contributed by atoms with van der Waals surface area (Å²) in [5, 5.41) is 14.4. The number of nitro benzene ring substituents is 1. The van der Waals surface area contributed by atoms with Crippen LogP contribution in [-0.2, 0) is 0 Å². The Morgan fingerprint density at radius 2 is 2.33 bits per heavy atom. The summed E-state index contributed by atoms with van der Waals surface area (Å²) < 4.78 is 0. The minimum Gasteiger partial charge on any atom is -0.380 e. The second kappa shape index (κ2) is 5.54. The van der Waals surface area contributed by atoms with Gasteiger partial charge in [-0.2, -0.15) is 0 Å². The molecule has 1 aliphatic heterocycles. The first-order chi connectivity index (χ1) is 8.56. The van der Waals surface area contributed by atoms with Crippen molar-refractivity contribution in [3.63, 3.8) is 0 Å². The zero-order chi connectivity index (χ0) is 13.1. The molecule has 0 bridgehead atoms. The van der Waals surface area contributed by atoms with Crippen molar-refractivity contribution < 1.29 is 4.92 Å². The number of likely N-dealkylation sites (tertiary alicyclic amines) is 1. The quantitative estimate of drug-likeness (QED) is 0.677. The molecule has 1 aromatic rings. The summed E-state index contributed by atoms with van der Waals surface area (Å²) >= 11 is 6.05. The van der Waals surface area contributed by atoms with Gasteiger partial charge in [-0.3, -0.25) is 10.1 Å². The van der Waals surface area contributed by atoms with E-state index in [9.17, 15) is 10.1 Å². The molecule has 0 radical (unpaired) electrons. The van der Waals surface area contributed by atoms with Gasteiger partial charge in [0, 0.05) is 24.7 Å². The van der Waals surface area contributed by atoms with E-state index in [1.165, 1.54) is 12.1 Å². The Bertz CT molecular complexity index is 453. The van der Waals surface area contributed by atoms with Gasteiger partial charge < -0.3 is 10.2 Å². The highest BCUT2D eigenvalue weighted by Gasteiger charge is 2.18. The fourth-order valence-corrected chi connectivity index (χ4v) is 2.47. The molecule has 0 saturated carbocycles. The van der Waals surface area contributed by atoms with E-state index in [4.69, 9.17) is 11.6 Å². The van der Waals surface area contributed by atoms with Crippen molar-refractivity contribution in [2.24, 2.45) is 0 Å². The lowest BCUT2D eigenvalue weighted by Gasteiger charge is -2.31. The third kappa shape index (κ3) is 3.11. The number of likely N-dealkylation sites (N-methyl/N-ethyl adjacent to an activating group) is 1. The van der Waals surface area contributed by atoms with Gasteiger partial charge in [0.25, 0.3) is 5.69 Å². The fourth-order valence-electron chi connectivity index (χ4n) is 2.24. The number of non-ortho nitro benzene ring substituents is 1. The zero-order valence-electron chi connectivity index (χ0n) is 10.2.